The molecular formula is C12H16FN3OS. The van der Waals surface area contributed by atoms with Crippen LogP contribution in [-0.4, -0.2) is 16.9 Å². The molecule has 4 nitrogen and oxygen atoms in total. The summed E-state index contributed by atoms with van der Waals surface area (Å²) in [5.74, 6) is -1.08. The Labute approximate surface area is 111 Å². The van der Waals surface area contributed by atoms with Gasteiger partial charge in [-0.25, -0.2) is 4.39 Å². The van der Waals surface area contributed by atoms with Crippen molar-refractivity contribution in [3.63, 3.8) is 0 Å². The van der Waals surface area contributed by atoms with Crippen molar-refractivity contribution in [2.24, 2.45) is 17.4 Å². The lowest BCUT2D eigenvalue weighted by Crippen LogP contribution is -2.40. The number of hydrogen-bond donors (Lipinski definition) is 3. The molecule has 0 bridgehead atoms. The van der Waals surface area contributed by atoms with Gasteiger partial charge in [0.25, 0.3) is 0 Å². The maximum Gasteiger partial charge on any atom is 0.240 e. The van der Waals surface area contributed by atoms with E-state index in [1.807, 2.05) is 13.8 Å². The summed E-state index contributed by atoms with van der Waals surface area (Å²) in [5.41, 5.74) is 11.2. The molecule has 1 aromatic carbocycles. The zero-order chi connectivity index (χ0) is 13.9. The van der Waals surface area contributed by atoms with E-state index in [4.69, 9.17) is 23.7 Å². The number of nitrogens with two attached hydrogens (primary N) is 2. The highest BCUT2D eigenvalue weighted by Crippen LogP contribution is 2.21. The Morgan fingerprint density at radius 3 is 2.44 bits per heavy atom. The fourth-order valence-corrected chi connectivity index (χ4v) is 1.84. The maximum atomic E-state index is 13.6. The predicted molar refractivity (Wildman–Crippen MR) is 73.7 cm³/mol. The Hall–Kier alpha value is -1.69. The standard InChI is InChI=1S/C12H16FN3OS/c1-6(2)10(11(14)17)16-8-5-3-4-7(13)9(8)12(15)18/h3-6,10,16H,1-2H3,(H2,14,17)(H2,15,18). The van der Waals surface area contributed by atoms with Crippen LogP contribution in [0.25, 0.3) is 0 Å². The summed E-state index contributed by atoms with van der Waals surface area (Å²) < 4.78 is 13.6. The molecule has 0 aromatic heterocycles. The number of hydrogen-bond acceptors (Lipinski definition) is 3. The average Bonchev–Trinajstić information content (AvgIpc) is 2.24. The van der Waals surface area contributed by atoms with Gasteiger partial charge in [-0.2, -0.15) is 0 Å². The number of carbonyl (C=O) groups excluding carboxylic acids is 1. The van der Waals surface area contributed by atoms with Crippen molar-refractivity contribution in [2.75, 3.05) is 5.32 Å². The molecule has 6 heteroatoms. The molecule has 5 N–H and O–H groups in total. The topological polar surface area (TPSA) is 81.1 Å². The fraction of sp³-hybridized carbons (Fsp3) is 0.333. The van der Waals surface area contributed by atoms with Crippen molar-refractivity contribution in [1.82, 2.24) is 0 Å². The number of carbonyl (C=O) groups is 1. The molecule has 1 aromatic rings. The number of rotatable bonds is 5. The van der Waals surface area contributed by atoms with E-state index in [1.165, 1.54) is 12.1 Å². The molecule has 0 spiro atoms. The summed E-state index contributed by atoms with van der Waals surface area (Å²) in [5, 5.41) is 2.89. The lowest BCUT2D eigenvalue weighted by Gasteiger charge is -2.22. The first-order valence-electron chi connectivity index (χ1n) is 5.48. The Morgan fingerprint density at radius 2 is 2.00 bits per heavy atom. The Morgan fingerprint density at radius 1 is 1.39 bits per heavy atom. The highest BCUT2D eigenvalue weighted by molar-refractivity contribution is 7.80. The third-order valence-electron chi connectivity index (χ3n) is 2.54. The van der Waals surface area contributed by atoms with E-state index in [1.54, 1.807) is 6.07 Å². The highest BCUT2D eigenvalue weighted by Gasteiger charge is 2.21. The number of anilines is 1. The molecule has 0 aliphatic carbocycles. The van der Waals surface area contributed by atoms with Gasteiger partial charge in [0.15, 0.2) is 0 Å². The van der Waals surface area contributed by atoms with E-state index < -0.39 is 17.8 Å². The first-order valence-corrected chi connectivity index (χ1v) is 5.89. The van der Waals surface area contributed by atoms with E-state index in [-0.39, 0.29) is 16.5 Å². The molecule has 98 valence electrons. The van der Waals surface area contributed by atoms with Crippen LogP contribution in [0.2, 0.25) is 0 Å². The van der Waals surface area contributed by atoms with E-state index in [9.17, 15) is 9.18 Å². The third kappa shape index (κ3) is 3.16. The van der Waals surface area contributed by atoms with Crippen LogP contribution in [0, 0.1) is 11.7 Å². The lowest BCUT2D eigenvalue weighted by molar-refractivity contribution is -0.119. The molecule has 0 fully saturated rings. The zero-order valence-electron chi connectivity index (χ0n) is 10.2. The van der Waals surface area contributed by atoms with Gasteiger partial charge in [0.1, 0.15) is 16.8 Å². The van der Waals surface area contributed by atoms with Crippen LogP contribution in [0.15, 0.2) is 18.2 Å². The van der Waals surface area contributed by atoms with E-state index in [0.717, 1.165) is 0 Å². The van der Waals surface area contributed by atoms with Gasteiger partial charge in [0, 0.05) is 5.69 Å². The van der Waals surface area contributed by atoms with Gasteiger partial charge in [0.2, 0.25) is 5.91 Å². The molecule has 0 aliphatic heterocycles. The quantitative estimate of drug-likeness (QED) is 0.705. The second-order valence-electron chi connectivity index (χ2n) is 4.30. The van der Waals surface area contributed by atoms with Crippen LogP contribution in [0.1, 0.15) is 19.4 Å². The van der Waals surface area contributed by atoms with Crippen molar-refractivity contribution in [2.45, 2.75) is 19.9 Å². The normalized spacial score (nSPS) is 12.2. The van der Waals surface area contributed by atoms with Crippen LogP contribution in [0.4, 0.5) is 10.1 Å². The number of benzene rings is 1. The minimum atomic E-state index is -0.611. The maximum absolute atomic E-state index is 13.6. The van der Waals surface area contributed by atoms with Crippen molar-refractivity contribution >= 4 is 28.8 Å². The Balaban J connectivity index is 3.14. The SMILES string of the molecule is CC(C)C(Nc1cccc(F)c1C(N)=S)C(N)=O. The molecule has 1 unspecified atom stereocenters. The summed E-state index contributed by atoms with van der Waals surface area (Å²) in [6, 6.07) is 3.77. The van der Waals surface area contributed by atoms with Crippen LogP contribution in [0.5, 0.6) is 0 Å². The number of nitrogens with one attached hydrogen (secondary N) is 1. The third-order valence-corrected chi connectivity index (χ3v) is 2.75. The van der Waals surface area contributed by atoms with E-state index in [2.05, 4.69) is 5.32 Å². The molecule has 0 heterocycles. The monoisotopic (exact) mass is 269 g/mol. The minimum Gasteiger partial charge on any atom is -0.389 e. The lowest BCUT2D eigenvalue weighted by atomic mass is 10.0. The van der Waals surface area contributed by atoms with Gasteiger partial charge in [-0.1, -0.05) is 32.1 Å². The van der Waals surface area contributed by atoms with E-state index in [0.29, 0.717) is 5.69 Å². The number of halogens is 1. The highest BCUT2D eigenvalue weighted by atomic mass is 32.1. The molecule has 1 amide bonds. The van der Waals surface area contributed by atoms with Gasteiger partial charge >= 0.3 is 0 Å². The second-order valence-corrected chi connectivity index (χ2v) is 4.73. The van der Waals surface area contributed by atoms with Crippen molar-refractivity contribution in [3.05, 3.63) is 29.6 Å². The van der Waals surface area contributed by atoms with Gasteiger partial charge in [-0.15, -0.1) is 0 Å². The smallest absolute Gasteiger partial charge is 0.240 e. The molecule has 0 saturated carbocycles. The van der Waals surface area contributed by atoms with Gasteiger partial charge in [-0.3, -0.25) is 4.79 Å². The zero-order valence-corrected chi connectivity index (χ0v) is 11.1. The first kappa shape index (κ1) is 14.4. The van der Waals surface area contributed by atoms with Crippen LogP contribution in [-0.2, 0) is 4.79 Å². The van der Waals surface area contributed by atoms with Crippen molar-refractivity contribution < 1.29 is 9.18 Å². The molecule has 1 atom stereocenters. The average molecular weight is 269 g/mol. The fourth-order valence-electron chi connectivity index (χ4n) is 1.63. The van der Waals surface area contributed by atoms with Crippen molar-refractivity contribution in [1.29, 1.82) is 0 Å². The summed E-state index contributed by atoms with van der Waals surface area (Å²) in [4.78, 5) is 11.2. The summed E-state index contributed by atoms with van der Waals surface area (Å²) in [6.07, 6.45) is 0. The predicted octanol–water partition coefficient (Wildman–Crippen LogP) is 1.38. The molecule has 0 saturated heterocycles. The summed E-state index contributed by atoms with van der Waals surface area (Å²) >= 11 is 4.80. The Bertz CT molecular complexity index is 476. The van der Waals surface area contributed by atoms with E-state index >= 15 is 0 Å². The van der Waals surface area contributed by atoms with Gasteiger partial charge in [0.05, 0.1) is 5.56 Å². The second kappa shape index (κ2) is 5.77. The summed E-state index contributed by atoms with van der Waals surface area (Å²) in [7, 11) is 0. The van der Waals surface area contributed by atoms with Crippen LogP contribution < -0.4 is 16.8 Å². The first-order chi connectivity index (χ1) is 8.34. The van der Waals surface area contributed by atoms with Crippen molar-refractivity contribution in [3.8, 4) is 0 Å². The van der Waals surface area contributed by atoms with Gasteiger partial charge in [-0.05, 0) is 18.1 Å². The molecule has 1 rings (SSSR count). The minimum absolute atomic E-state index is 0.0371. The Kier molecular flexibility index (Phi) is 4.61. The van der Waals surface area contributed by atoms with Gasteiger partial charge < -0.3 is 16.8 Å². The molecule has 0 radical (unpaired) electrons. The molecule has 0 aliphatic rings. The molecular weight excluding hydrogens is 253 g/mol. The number of amides is 1. The van der Waals surface area contributed by atoms with Crippen LogP contribution >= 0.6 is 12.2 Å². The molecule has 18 heavy (non-hydrogen) atoms. The summed E-state index contributed by atoms with van der Waals surface area (Å²) in [6.45, 7) is 3.67. The largest absolute Gasteiger partial charge is 0.389 e. The number of primary amides is 1. The number of thiocarbonyl (C=S) groups is 1. The van der Waals surface area contributed by atoms with Crippen LogP contribution in [0.3, 0.4) is 0 Å².